The fraction of sp³-hybridized carbons (Fsp3) is 0.0833. The molecule has 35 heavy (non-hydrogen) atoms. The van der Waals surface area contributed by atoms with Gasteiger partial charge in [0.05, 0.1) is 11.1 Å². The van der Waals surface area contributed by atoms with Gasteiger partial charge in [0.1, 0.15) is 5.57 Å². The first-order chi connectivity index (χ1) is 16.3. The Hall–Kier alpha value is -3.79. The van der Waals surface area contributed by atoms with Crippen molar-refractivity contribution in [1.82, 2.24) is 0 Å². The number of hydrogen-bond donors (Lipinski definition) is 2. The maximum atomic E-state index is 13.0. The molecule has 0 bridgehead atoms. The van der Waals surface area contributed by atoms with Crippen LogP contribution in [0.4, 0.5) is 37.7 Å². The highest BCUT2D eigenvalue weighted by atomic mass is 35.5. The molecule has 2 amide bonds. The Morgan fingerprint density at radius 2 is 1.14 bits per heavy atom. The number of amides is 2. The lowest BCUT2D eigenvalue weighted by Gasteiger charge is -2.13. The summed E-state index contributed by atoms with van der Waals surface area (Å²) in [5.41, 5.74) is -2.82. The van der Waals surface area contributed by atoms with Crippen molar-refractivity contribution in [2.45, 2.75) is 12.4 Å². The first kappa shape index (κ1) is 25.8. The number of anilines is 2. The number of rotatable bonds is 5. The molecule has 2 N–H and O–H groups in total. The van der Waals surface area contributed by atoms with Crippen LogP contribution in [0.1, 0.15) is 16.7 Å². The molecule has 0 saturated heterocycles. The van der Waals surface area contributed by atoms with Crippen molar-refractivity contribution in [3.05, 3.63) is 100 Å². The van der Waals surface area contributed by atoms with Crippen LogP contribution in [0.5, 0.6) is 0 Å². The van der Waals surface area contributed by atoms with Gasteiger partial charge in [-0.3, -0.25) is 9.59 Å². The number of hydrogen-bond acceptors (Lipinski definition) is 2. The standard InChI is InChI=1S/C24H15ClF6N2O2/c25-17-7-1-4-14(10-17)11-20(21(34)32-18-8-2-5-15(12-18)23(26,27)28)22(35)33-19-9-3-6-16(13-19)24(29,30)31/h1-13H,(H,32,34)(H,33,35). The van der Waals surface area contributed by atoms with E-state index in [1.165, 1.54) is 36.4 Å². The van der Waals surface area contributed by atoms with Gasteiger partial charge in [0.25, 0.3) is 11.8 Å². The molecule has 0 fully saturated rings. The lowest BCUT2D eigenvalue weighted by Crippen LogP contribution is -2.25. The van der Waals surface area contributed by atoms with E-state index in [1.807, 2.05) is 0 Å². The van der Waals surface area contributed by atoms with Crippen LogP contribution in [0.15, 0.2) is 78.4 Å². The lowest BCUT2D eigenvalue weighted by molar-refractivity contribution is -0.138. The van der Waals surface area contributed by atoms with Gasteiger partial charge in [0, 0.05) is 16.4 Å². The molecule has 11 heteroatoms. The van der Waals surface area contributed by atoms with Gasteiger partial charge in [-0.05, 0) is 60.2 Å². The quantitative estimate of drug-likeness (QED) is 0.167. The van der Waals surface area contributed by atoms with Crippen LogP contribution in [0.25, 0.3) is 6.08 Å². The summed E-state index contributed by atoms with van der Waals surface area (Å²) in [5.74, 6) is -2.18. The molecule has 0 atom stereocenters. The average molecular weight is 513 g/mol. The van der Waals surface area contributed by atoms with E-state index in [0.29, 0.717) is 17.7 Å². The Labute approximate surface area is 200 Å². The molecule has 0 radical (unpaired) electrons. The fourth-order valence-electron chi connectivity index (χ4n) is 2.94. The maximum absolute atomic E-state index is 13.0. The van der Waals surface area contributed by atoms with Gasteiger partial charge >= 0.3 is 12.4 Å². The summed E-state index contributed by atoms with van der Waals surface area (Å²) in [7, 11) is 0. The van der Waals surface area contributed by atoms with Crippen LogP contribution < -0.4 is 10.6 Å². The summed E-state index contributed by atoms with van der Waals surface area (Å²) in [5, 5.41) is 4.69. The van der Waals surface area contributed by atoms with Crippen molar-refractivity contribution in [2.75, 3.05) is 10.6 Å². The zero-order valence-electron chi connectivity index (χ0n) is 17.5. The topological polar surface area (TPSA) is 58.2 Å². The number of halogens is 7. The number of benzene rings is 3. The first-order valence-corrected chi connectivity index (χ1v) is 10.2. The van der Waals surface area contributed by atoms with Crippen molar-refractivity contribution in [1.29, 1.82) is 0 Å². The van der Waals surface area contributed by atoms with Gasteiger partial charge in [-0.15, -0.1) is 0 Å². The molecule has 0 aliphatic carbocycles. The smallest absolute Gasteiger partial charge is 0.322 e. The molecular weight excluding hydrogens is 498 g/mol. The molecule has 0 saturated carbocycles. The number of carbonyl (C=O) groups is 2. The van der Waals surface area contributed by atoms with Gasteiger partial charge in [-0.2, -0.15) is 26.3 Å². The Balaban J connectivity index is 1.94. The minimum absolute atomic E-state index is 0.242. The number of nitrogens with one attached hydrogen (secondary N) is 2. The van der Waals surface area contributed by atoms with Crippen LogP contribution in [0, 0.1) is 0 Å². The molecule has 3 rings (SSSR count). The molecule has 0 unspecified atom stereocenters. The Morgan fingerprint density at radius 1 is 0.686 bits per heavy atom. The van der Waals surface area contributed by atoms with E-state index in [4.69, 9.17) is 11.6 Å². The molecule has 0 aliphatic heterocycles. The highest BCUT2D eigenvalue weighted by molar-refractivity contribution is 6.31. The van der Waals surface area contributed by atoms with E-state index in [9.17, 15) is 35.9 Å². The summed E-state index contributed by atoms with van der Waals surface area (Å²) in [6, 6.07) is 13.5. The molecule has 4 nitrogen and oxygen atoms in total. The van der Waals surface area contributed by atoms with Crippen LogP contribution in [0.2, 0.25) is 5.02 Å². The van der Waals surface area contributed by atoms with Crippen LogP contribution >= 0.6 is 11.6 Å². The monoisotopic (exact) mass is 512 g/mol. The third kappa shape index (κ3) is 7.10. The molecule has 182 valence electrons. The maximum Gasteiger partial charge on any atom is 0.416 e. The second-order valence-corrected chi connectivity index (χ2v) is 7.61. The summed E-state index contributed by atoms with van der Waals surface area (Å²) >= 11 is 5.92. The number of carbonyl (C=O) groups excluding carboxylic acids is 2. The van der Waals surface area contributed by atoms with Crippen molar-refractivity contribution in [3.63, 3.8) is 0 Å². The van der Waals surface area contributed by atoms with Gasteiger partial charge in [-0.1, -0.05) is 35.9 Å². The Kier molecular flexibility index (Phi) is 7.54. The van der Waals surface area contributed by atoms with Crippen LogP contribution in [-0.4, -0.2) is 11.8 Å². The van der Waals surface area contributed by atoms with Gasteiger partial charge < -0.3 is 10.6 Å². The predicted octanol–water partition coefficient (Wildman–Crippen LogP) is 7.04. The zero-order chi connectivity index (χ0) is 25.8. The van der Waals surface area contributed by atoms with Crippen molar-refractivity contribution < 1.29 is 35.9 Å². The molecule has 0 heterocycles. The third-order valence-corrected chi connectivity index (χ3v) is 4.78. The summed E-state index contributed by atoms with van der Waals surface area (Å²) in [6.07, 6.45) is -8.22. The fourth-order valence-corrected chi connectivity index (χ4v) is 3.14. The van der Waals surface area contributed by atoms with Gasteiger partial charge in [-0.25, -0.2) is 0 Å². The lowest BCUT2D eigenvalue weighted by atomic mass is 10.1. The molecule has 0 aromatic heterocycles. The minimum Gasteiger partial charge on any atom is -0.322 e. The van der Waals surface area contributed by atoms with Crippen LogP contribution in [-0.2, 0) is 21.9 Å². The molecule has 3 aromatic rings. The summed E-state index contributed by atoms with van der Waals surface area (Å²) in [4.78, 5) is 25.8. The predicted molar refractivity (Wildman–Crippen MR) is 120 cm³/mol. The molecule has 3 aromatic carbocycles. The summed E-state index contributed by atoms with van der Waals surface area (Å²) < 4.78 is 78.0. The Bertz CT molecular complexity index is 1210. The van der Waals surface area contributed by atoms with Gasteiger partial charge in [0.15, 0.2) is 0 Å². The van der Waals surface area contributed by atoms with Crippen LogP contribution in [0.3, 0.4) is 0 Å². The van der Waals surface area contributed by atoms with Crippen molar-refractivity contribution in [2.24, 2.45) is 0 Å². The Morgan fingerprint density at radius 3 is 1.57 bits per heavy atom. The molecular formula is C24H15ClF6N2O2. The van der Waals surface area contributed by atoms with E-state index in [1.54, 1.807) is 0 Å². The summed E-state index contributed by atoms with van der Waals surface area (Å²) in [6.45, 7) is 0. The SMILES string of the molecule is O=C(Nc1cccc(C(F)(F)F)c1)C(=Cc1cccc(Cl)c1)C(=O)Nc1cccc(C(F)(F)F)c1. The molecule has 0 spiro atoms. The van der Waals surface area contributed by atoms with Crippen molar-refractivity contribution in [3.8, 4) is 0 Å². The van der Waals surface area contributed by atoms with E-state index in [-0.39, 0.29) is 16.4 Å². The second-order valence-electron chi connectivity index (χ2n) is 7.18. The largest absolute Gasteiger partial charge is 0.416 e. The highest BCUT2D eigenvalue weighted by Gasteiger charge is 2.32. The number of alkyl halides is 6. The zero-order valence-corrected chi connectivity index (χ0v) is 18.2. The van der Waals surface area contributed by atoms with Crippen molar-refractivity contribution >= 4 is 40.9 Å². The normalized spacial score (nSPS) is 11.5. The van der Waals surface area contributed by atoms with E-state index >= 15 is 0 Å². The first-order valence-electron chi connectivity index (χ1n) is 9.77. The average Bonchev–Trinajstić information content (AvgIpc) is 2.76. The van der Waals surface area contributed by atoms with E-state index in [0.717, 1.165) is 30.3 Å². The minimum atomic E-state index is -4.67. The van der Waals surface area contributed by atoms with E-state index < -0.39 is 40.9 Å². The molecule has 0 aliphatic rings. The third-order valence-electron chi connectivity index (χ3n) is 4.54. The highest BCUT2D eigenvalue weighted by Crippen LogP contribution is 2.32. The second kappa shape index (κ2) is 10.2. The van der Waals surface area contributed by atoms with Gasteiger partial charge in [0.2, 0.25) is 0 Å². The van der Waals surface area contributed by atoms with E-state index in [2.05, 4.69) is 10.6 Å².